The molecule has 188 valence electrons. The van der Waals surface area contributed by atoms with Crippen molar-refractivity contribution in [2.75, 3.05) is 10.2 Å². The van der Waals surface area contributed by atoms with E-state index in [0.29, 0.717) is 23.5 Å². The number of carbonyl (C=O) groups excluding carboxylic acids is 2. The van der Waals surface area contributed by atoms with E-state index < -0.39 is 17.7 Å². The lowest BCUT2D eigenvalue weighted by molar-refractivity contribution is -0.117. The second-order valence-electron chi connectivity index (χ2n) is 10.9. The Morgan fingerprint density at radius 3 is 2.36 bits per heavy atom. The maximum Gasteiger partial charge on any atom is 0.415 e. The first-order chi connectivity index (χ1) is 16.9. The number of ether oxygens (including phenoxy) is 2. The highest BCUT2D eigenvalue weighted by molar-refractivity contribution is 6.05. The van der Waals surface area contributed by atoms with Crippen LogP contribution >= 0.6 is 0 Å². The van der Waals surface area contributed by atoms with Gasteiger partial charge in [-0.2, -0.15) is 0 Å². The van der Waals surface area contributed by atoms with Gasteiger partial charge in [0.15, 0.2) is 0 Å². The Kier molecular flexibility index (Phi) is 6.76. The lowest BCUT2D eigenvalue weighted by atomic mass is 9.86. The van der Waals surface area contributed by atoms with Crippen molar-refractivity contribution in [3.05, 3.63) is 78.0 Å². The number of pyridine rings is 1. The molecule has 1 N–H and O–H groups in total. The summed E-state index contributed by atoms with van der Waals surface area (Å²) in [7, 11) is 0. The van der Waals surface area contributed by atoms with E-state index in [4.69, 9.17) is 9.47 Å². The van der Waals surface area contributed by atoms with Gasteiger partial charge in [0.2, 0.25) is 11.8 Å². The molecule has 0 unspecified atom stereocenters. The van der Waals surface area contributed by atoms with Crippen LogP contribution in [0.15, 0.2) is 66.9 Å². The van der Waals surface area contributed by atoms with Gasteiger partial charge in [0.05, 0.1) is 5.69 Å². The van der Waals surface area contributed by atoms with Crippen LogP contribution in [0.5, 0.6) is 11.6 Å². The summed E-state index contributed by atoms with van der Waals surface area (Å²) < 4.78 is 11.8. The third kappa shape index (κ3) is 5.51. The summed E-state index contributed by atoms with van der Waals surface area (Å²) in [6, 6.07) is 18.0. The number of nitrogens with zero attached hydrogens (tertiary/aromatic N) is 2. The Bertz CT molecular complexity index is 1270. The van der Waals surface area contributed by atoms with Gasteiger partial charge in [0, 0.05) is 18.2 Å². The number of hydrogen-bond acceptors (Lipinski definition) is 5. The number of hydrogen-bond donors (Lipinski definition) is 1. The smallest absolute Gasteiger partial charge is 0.415 e. The van der Waals surface area contributed by atoms with Crippen LogP contribution in [-0.4, -0.2) is 28.6 Å². The average molecular weight is 488 g/mol. The molecule has 0 bridgehead atoms. The fraction of sp³-hybridized carbons (Fsp3) is 0.345. The normalized spacial score (nSPS) is 15.3. The standard InChI is InChI=1S/C29H33N3O4/c1-28(2,3)20-13-8-10-16-24(20)35-26-21(14-11-17-30-26)31-25(33)23-18-19-12-7-9-15-22(19)32(23)27(34)36-29(4,5)6/h7-17,23H,18H2,1-6H3,(H,31,33)/t23-/m1/s1. The first-order valence-corrected chi connectivity index (χ1v) is 12.1. The number of rotatable bonds is 4. The van der Waals surface area contributed by atoms with Crippen LogP contribution in [0.2, 0.25) is 0 Å². The molecule has 0 fully saturated rings. The van der Waals surface area contributed by atoms with E-state index in [1.165, 1.54) is 4.90 Å². The molecule has 2 heterocycles. The van der Waals surface area contributed by atoms with Crippen molar-refractivity contribution < 1.29 is 19.1 Å². The third-order valence-electron chi connectivity index (χ3n) is 5.80. The van der Waals surface area contributed by atoms with Crippen LogP contribution in [0.3, 0.4) is 0 Å². The number of nitrogens with one attached hydrogen (secondary N) is 1. The Morgan fingerprint density at radius 1 is 0.944 bits per heavy atom. The number of aromatic nitrogens is 1. The largest absolute Gasteiger partial charge is 0.443 e. The molecular formula is C29H33N3O4. The zero-order valence-corrected chi connectivity index (χ0v) is 21.7. The molecule has 1 aliphatic heterocycles. The Labute approximate surface area is 212 Å². The summed E-state index contributed by atoms with van der Waals surface area (Å²) >= 11 is 0. The number of amides is 2. The Hall–Kier alpha value is -3.87. The first kappa shape index (κ1) is 25.2. The van der Waals surface area contributed by atoms with Crippen LogP contribution in [0.25, 0.3) is 0 Å². The molecule has 7 nitrogen and oxygen atoms in total. The number of para-hydroxylation sites is 2. The van der Waals surface area contributed by atoms with Gasteiger partial charge in [0.1, 0.15) is 23.1 Å². The highest BCUT2D eigenvalue weighted by Crippen LogP contribution is 2.37. The SMILES string of the molecule is CC(C)(C)OC(=O)N1c2ccccc2C[C@@H]1C(=O)Nc1cccnc1Oc1ccccc1C(C)(C)C. The highest BCUT2D eigenvalue weighted by atomic mass is 16.6. The lowest BCUT2D eigenvalue weighted by Crippen LogP contribution is -2.47. The minimum atomic E-state index is -0.771. The van der Waals surface area contributed by atoms with Gasteiger partial charge in [-0.25, -0.2) is 9.78 Å². The van der Waals surface area contributed by atoms with Crippen molar-refractivity contribution in [1.82, 2.24) is 4.98 Å². The molecule has 36 heavy (non-hydrogen) atoms. The molecule has 0 saturated carbocycles. The third-order valence-corrected chi connectivity index (χ3v) is 5.80. The first-order valence-electron chi connectivity index (χ1n) is 12.1. The second-order valence-corrected chi connectivity index (χ2v) is 10.9. The minimum Gasteiger partial charge on any atom is -0.443 e. The molecule has 1 aromatic heterocycles. The van der Waals surface area contributed by atoms with E-state index in [-0.39, 0.29) is 17.2 Å². The summed E-state index contributed by atoms with van der Waals surface area (Å²) in [5.74, 6) is 0.601. The monoisotopic (exact) mass is 487 g/mol. The fourth-order valence-corrected chi connectivity index (χ4v) is 4.20. The van der Waals surface area contributed by atoms with Gasteiger partial charge in [-0.05, 0) is 56.0 Å². The van der Waals surface area contributed by atoms with Crippen LogP contribution < -0.4 is 15.0 Å². The van der Waals surface area contributed by atoms with E-state index >= 15 is 0 Å². The molecule has 0 spiro atoms. The van der Waals surface area contributed by atoms with E-state index in [9.17, 15) is 9.59 Å². The Balaban J connectivity index is 1.61. The van der Waals surface area contributed by atoms with Crippen molar-refractivity contribution in [3.8, 4) is 11.6 Å². The molecule has 0 aliphatic carbocycles. The minimum absolute atomic E-state index is 0.141. The lowest BCUT2D eigenvalue weighted by Gasteiger charge is -2.28. The average Bonchev–Trinajstić information content (AvgIpc) is 3.19. The van der Waals surface area contributed by atoms with Gasteiger partial charge in [-0.3, -0.25) is 9.69 Å². The molecule has 0 saturated heterocycles. The van der Waals surface area contributed by atoms with E-state index in [0.717, 1.165) is 11.1 Å². The van der Waals surface area contributed by atoms with Crippen molar-refractivity contribution in [2.24, 2.45) is 0 Å². The number of fused-ring (bicyclic) bond motifs is 1. The van der Waals surface area contributed by atoms with Crippen molar-refractivity contribution in [1.29, 1.82) is 0 Å². The maximum atomic E-state index is 13.6. The second kappa shape index (κ2) is 9.64. The molecule has 7 heteroatoms. The summed E-state index contributed by atoms with van der Waals surface area (Å²) in [6.07, 6.45) is 1.43. The van der Waals surface area contributed by atoms with Gasteiger partial charge in [-0.1, -0.05) is 57.2 Å². The van der Waals surface area contributed by atoms with Crippen LogP contribution in [0, 0.1) is 0 Å². The molecule has 4 rings (SSSR count). The highest BCUT2D eigenvalue weighted by Gasteiger charge is 2.40. The summed E-state index contributed by atoms with van der Waals surface area (Å²) in [5.41, 5.74) is 2.19. The van der Waals surface area contributed by atoms with Gasteiger partial charge < -0.3 is 14.8 Å². The molecule has 0 radical (unpaired) electrons. The topological polar surface area (TPSA) is 80.8 Å². The predicted molar refractivity (Wildman–Crippen MR) is 141 cm³/mol. The predicted octanol–water partition coefficient (Wildman–Crippen LogP) is 6.48. The zero-order valence-electron chi connectivity index (χ0n) is 21.7. The fourth-order valence-electron chi connectivity index (χ4n) is 4.20. The maximum absolute atomic E-state index is 13.6. The summed E-state index contributed by atoms with van der Waals surface area (Å²) in [6.45, 7) is 11.7. The van der Waals surface area contributed by atoms with Crippen molar-refractivity contribution in [2.45, 2.75) is 65.0 Å². The van der Waals surface area contributed by atoms with Gasteiger partial charge in [0.25, 0.3) is 0 Å². The summed E-state index contributed by atoms with van der Waals surface area (Å²) in [4.78, 5) is 32.5. The van der Waals surface area contributed by atoms with E-state index in [1.807, 2.05) is 48.5 Å². The van der Waals surface area contributed by atoms with Gasteiger partial charge in [-0.15, -0.1) is 0 Å². The molecule has 1 aliphatic rings. The number of benzene rings is 2. The number of carbonyl (C=O) groups is 2. The molecular weight excluding hydrogens is 454 g/mol. The van der Waals surface area contributed by atoms with Crippen molar-refractivity contribution >= 4 is 23.4 Å². The van der Waals surface area contributed by atoms with Crippen molar-refractivity contribution in [3.63, 3.8) is 0 Å². The van der Waals surface area contributed by atoms with Crippen LogP contribution in [0.1, 0.15) is 52.7 Å². The summed E-state index contributed by atoms with van der Waals surface area (Å²) in [5, 5.41) is 2.94. The van der Waals surface area contributed by atoms with E-state index in [2.05, 4.69) is 31.1 Å². The molecule has 2 amide bonds. The molecule has 2 aromatic carbocycles. The Morgan fingerprint density at radius 2 is 1.64 bits per heavy atom. The van der Waals surface area contributed by atoms with Crippen LogP contribution in [-0.2, 0) is 21.4 Å². The molecule has 1 atom stereocenters. The zero-order chi connectivity index (χ0) is 26.1. The van der Waals surface area contributed by atoms with E-state index in [1.54, 1.807) is 39.1 Å². The quantitative estimate of drug-likeness (QED) is 0.456. The van der Waals surface area contributed by atoms with Gasteiger partial charge >= 0.3 is 6.09 Å². The molecule has 3 aromatic rings. The van der Waals surface area contributed by atoms with Crippen LogP contribution in [0.4, 0.5) is 16.2 Å². The number of anilines is 2.